The van der Waals surface area contributed by atoms with Gasteiger partial charge >= 0.3 is 0 Å². The molecule has 6 nitrogen and oxygen atoms in total. The Morgan fingerprint density at radius 3 is 2.65 bits per heavy atom. The molecule has 102 valence electrons. The summed E-state index contributed by atoms with van der Waals surface area (Å²) in [6.45, 7) is 2.84. The Morgan fingerprint density at radius 1 is 1.29 bits per heavy atom. The van der Waals surface area contributed by atoms with Crippen molar-refractivity contribution >= 4 is 0 Å². The highest BCUT2D eigenvalue weighted by molar-refractivity contribution is 4.88. The molecule has 17 heavy (non-hydrogen) atoms. The van der Waals surface area contributed by atoms with Crippen molar-refractivity contribution in [2.45, 2.75) is 50.2 Å². The van der Waals surface area contributed by atoms with Crippen LogP contribution in [0.1, 0.15) is 19.8 Å². The van der Waals surface area contributed by atoms with Crippen molar-refractivity contribution in [2.75, 3.05) is 19.8 Å². The van der Waals surface area contributed by atoms with Gasteiger partial charge in [-0.3, -0.25) is 0 Å². The molecule has 0 aliphatic carbocycles. The summed E-state index contributed by atoms with van der Waals surface area (Å²) in [5.41, 5.74) is 0. The second-order valence-corrected chi connectivity index (χ2v) is 4.59. The Bertz CT molecular complexity index is 216. The minimum absolute atomic E-state index is 0.0479. The summed E-state index contributed by atoms with van der Waals surface area (Å²) in [6.07, 6.45) is -2.45. The van der Waals surface area contributed by atoms with E-state index in [2.05, 4.69) is 5.32 Å². The maximum Gasteiger partial charge on any atom is 0.111 e. The Balaban J connectivity index is 2.30. The molecule has 1 aliphatic heterocycles. The summed E-state index contributed by atoms with van der Waals surface area (Å²) in [6, 6.07) is 0.114. The predicted octanol–water partition coefficient (Wildman–Crippen LogP) is -1.78. The zero-order valence-electron chi connectivity index (χ0n) is 10.1. The van der Waals surface area contributed by atoms with Crippen LogP contribution < -0.4 is 5.32 Å². The van der Waals surface area contributed by atoms with Gasteiger partial charge in [0.05, 0.1) is 12.7 Å². The normalized spacial score (nSPS) is 35.8. The average Bonchev–Trinajstić information content (AvgIpc) is 2.30. The van der Waals surface area contributed by atoms with E-state index in [0.717, 1.165) is 0 Å². The lowest BCUT2D eigenvalue weighted by Gasteiger charge is -2.36. The van der Waals surface area contributed by atoms with Crippen LogP contribution in [0.3, 0.4) is 0 Å². The lowest BCUT2D eigenvalue weighted by molar-refractivity contribution is -0.189. The van der Waals surface area contributed by atoms with Crippen molar-refractivity contribution < 1.29 is 25.2 Å². The molecule has 0 aromatic heterocycles. The van der Waals surface area contributed by atoms with Crippen molar-refractivity contribution in [3.05, 3.63) is 0 Å². The maximum atomic E-state index is 9.73. The largest absolute Gasteiger partial charge is 0.396 e. The monoisotopic (exact) mass is 249 g/mol. The minimum atomic E-state index is -1.14. The van der Waals surface area contributed by atoms with Crippen LogP contribution in [0.4, 0.5) is 0 Å². The third kappa shape index (κ3) is 4.50. The van der Waals surface area contributed by atoms with Crippen LogP contribution in [0, 0.1) is 0 Å². The number of ether oxygens (including phenoxy) is 1. The van der Waals surface area contributed by atoms with Gasteiger partial charge in [0.25, 0.3) is 0 Å². The molecule has 0 bridgehead atoms. The van der Waals surface area contributed by atoms with Gasteiger partial charge in [-0.1, -0.05) is 0 Å². The maximum absolute atomic E-state index is 9.73. The van der Waals surface area contributed by atoms with E-state index in [0.29, 0.717) is 19.4 Å². The van der Waals surface area contributed by atoms with E-state index in [9.17, 15) is 15.3 Å². The Labute approximate surface area is 101 Å². The first-order valence-electron chi connectivity index (χ1n) is 6.06. The number of aliphatic hydroxyl groups excluding tert-OH is 4. The summed E-state index contributed by atoms with van der Waals surface area (Å²) >= 11 is 0. The molecule has 1 heterocycles. The van der Waals surface area contributed by atoms with Crippen LogP contribution in [-0.2, 0) is 4.74 Å². The first kappa shape index (κ1) is 14.8. The molecular weight excluding hydrogens is 226 g/mol. The molecule has 1 rings (SSSR count). The molecule has 1 fully saturated rings. The summed E-state index contributed by atoms with van der Waals surface area (Å²) < 4.78 is 5.30. The van der Waals surface area contributed by atoms with E-state index < -0.39 is 24.4 Å². The summed E-state index contributed by atoms with van der Waals surface area (Å²) in [4.78, 5) is 0. The van der Waals surface area contributed by atoms with Crippen LogP contribution in [0.25, 0.3) is 0 Å². The molecule has 0 aromatic carbocycles. The summed E-state index contributed by atoms with van der Waals surface area (Å²) in [7, 11) is 0. The van der Waals surface area contributed by atoms with Crippen molar-refractivity contribution in [3.63, 3.8) is 0 Å². The second-order valence-electron chi connectivity index (χ2n) is 4.59. The average molecular weight is 249 g/mol. The van der Waals surface area contributed by atoms with Gasteiger partial charge in [0, 0.05) is 12.6 Å². The van der Waals surface area contributed by atoms with Crippen molar-refractivity contribution in [3.8, 4) is 0 Å². The van der Waals surface area contributed by atoms with Crippen molar-refractivity contribution in [1.82, 2.24) is 5.32 Å². The van der Waals surface area contributed by atoms with Gasteiger partial charge in [0.15, 0.2) is 0 Å². The first-order valence-corrected chi connectivity index (χ1v) is 6.06. The predicted molar refractivity (Wildman–Crippen MR) is 61.5 cm³/mol. The van der Waals surface area contributed by atoms with Crippen LogP contribution >= 0.6 is 0 Å². The molecule has 0 radical (unpaired) electrons. The van der Waals surface area contributed by atoms with E-state index >= 15 is 0 Å². The van der Waals surface area contributed by atoms with E-state index in [1.807, 2.05) is 6.92 Å². The van der Waals surface area contributed by atoms with Crippen LogP contribution in [-0.4, -0.2) is 70.6 Å². The summed E-state index contributed by atoms with van der Waals surface area (Å²) in [5.74, 6) is 0. The van der Waals surface area contributed by atoms with Gasteiger partial charge in [-0.2, -0.15) is 0 Å². The minimum Gasteiger partial charge on any atom is -0.396 e. The molecule has 5 atom stereocenters. The zero-order valence-corrected chi connectivity index (χ0v) is 10.1. The fraction of sp³-hybridized carbons (Fsp3) is 1.00. The molecule has 5 N–H and O–H groups in total. The van der Waals surface area contributed by atoms with E-state index in [1.165, 1.54) is 0 Å². The highest BCUT2D eigenvalue weighted by Gasteiger charge is 2.37. The summed E-state index contributed by atoms with van der Waals surface area (Å²) in [5, 5.41) is 40.4. The van der Waals surface area contributed by atoms with E-state index in [-0.39, 0.29) is 19.3 Å². The number of hydrogen-bond donors (Lipinski definition) is 5. The van der Waals surface area contributed by atoms with Gasteiger partial charge in [0.1, 0.15) is 18.3 Å². The van der Waals surface area contributed by atoms with Crippen LogP contribution in [0.5, 0.6) is 0 Å². The van der Waals surface area contributed by atoms with Gasteiger partial charge in [-0.15, -0.1) is 0 Å². The van der Waals surface area contributed by atoms with Crippen molar-refractivity contribution in [2.24, 2.45) is 0 Å². The molecule has 0 amide bonds. The molecule has 0 aromatic rings. The molecule has 0 saturated carbocycles. The Morgan fingerprint density at radius 2 is 2.00 bits per heavy atom. The zero-order chi connectivity index (χ0) is 12.8. The van der Waals surface area contributed by atoms with Gasteiger partial charge in [0.2, 0.25) is 0 Å². The van der Waals surface area contributed by atoms with Crippen LogP contribution in [0.2, 0.25) is 0 Å². The topological polar surface area (TPSA) is 102 Å². The molecule has 1 unspecified atom stereocenters. The fourth-order valence-corrected chi connectivity index (χ4v) is 1.93. The standard InChI is InChI=1S/C11H23NO5/c1-7(12-3-2-4-13)5-9-11(16)10(15)8(14)6-17-9/h7-16H,2-6H2,1H3/t7?,8-,9+,10+,11+/m1/s1. The molecule has 0 spiro atoms. The van der Waals surface area contributed by atoms with Gasteiger partial charge in [-0.05, 0) is 26.3 Å². The Hall–Kier alpha value is -0.240. The lowest BCUT2D eigenvalue weighted by atomic mass is 9.95. The van der Waals surface area contributed by atoms with Crippen molar-refractivity contribution in [1.29, 1.82) is 0 Å². The quantitative estimate of drug-likeness (QED) is 0.357. The molecule has 6 heteroatoms. The third-order valence-electron chi connectivity index (χ3n) is 3.02. The SMILES string of the molecule is CC(C[C@@H]1OC[C@@H](O)[C@H](O)[C@H]1O)NCCCO. The van der Waals surface area contributed by atoms with Gasteiger partial charge in [-0.25, -0.2) is 0 Å². The smallest absolute Gasteiger partial charge is 0.111 e. The fourth-order valence-electron chi connectivity index (χ4n) is 1.93. The molecule has 1 aliphatic rings. The van der Waals surface area contributed by atoms with Gasteiger partial charge < -0.3 is 30.5 Å². The number of nitrogens with one attached hydrogen (secondary N) is 1. The highest BCUT2D eigenvalue weighted by atomic mass is 16.5. The second kappa shape index (κ2) is 7.25. The molecule has 1 saturated heterocycles. The van der Waals surface area contributed by atoms with E-state index in [1.54, 1.807) is 0 Å². The molecular formula is C11H23NO5. The van der Waals surface area contributed by atoms with E-state index in [4.69, 9.17) is 9.84 Å². The Kier molecular flexibility index (Phi) is 6.32. The number of hydrogen-bond acceptors (Lipinski definition) is 6. The van der Waals surface area contributed by atoms with Crippen LogP contribution in [0.15, 0.2) is 0 Å². The number of rotatable bonds is 6. The highest BCUT2D eigenvalue weighted by Crippen LogP contribution is 2.19. The lowest BCUT2D eigenvalue weighted by Crippen LogP contribution is -2.54. The first-order chi connectivity index (χ1) is 8.06. The number of aliphatic hydroxyl groups is 4. The third-order valence-corrected chi connectivity index (χ3v) is 3.02.